The second-order valence-corrected chi connectivity index (χ2v) is 9.71. The molecule has 12 nitrogen and oxygen atoms in total. The Balaban J connectivity index is 1.29. The fourth-order valence-electron chi connectivity index (χ4n) is 4.89. The number of nitrogens with one attached hydrogen (secondary N) is 2. The number of ether oxygens (including phenoxy) is 3. The second-order valence-electron chi connectivity index (χ2n) is 9.71. The van der Waals surface area contributed by atoms with E-state index in [9.17, 15) is 9.59 Å². The summed E-state index contributed by atoms with van der Waals surface area (Å²) in [4.78, 5) is 41.6. The van der Waals surface area contributed by atoms with Crippen LogP contribution in [0.3, 0.4) is 0 Å². The van der Waals surface area contributed by atoms with Crippen molar-refractivity contribution in [3.63, 3.8) is 0 Å². The van der Waals surface area contributed by atoms with Gasteiger partial charge in [0.1, 0.15) is 28.6 Å². The molecule has 43 heavy (non-hydrogen) atoms. The molecule has 1 atom stereocenters. The number of amides is 1. The molecule has 0 bridgehead atoms. The van der Waals surface area contributed by atoms with Crippen molar-refractivity contribution < 1.29 is 23.8 Å². The van der Waals surface area contributed by atoms with Crippen LogP contribution < -0.4 is 30.6 Å². The van der Waals surface area contributed by atoms with E-state index in [0.717, 1.165) is 5.39 Å². The molecule has 0 fully saturated rings. The third-order valence-electron chi connectivity index (χ3n) is 6.90. The Bertz CT molecular complexity index is 1910. The molecule has 0 radical (unpaired) electrons. The number of carbonyl (C=O) groups is 1. The number of fused-ring (bicyclic) bond motifs is 1. The lowest BCUT2D eigenvalue weighted by molar-refractivity contribution is 0.102. The van der Waals surface area contributed by atoms with Crippen LogP contribution in [-0.4, -0.2) is 45.5 Å². The monoisotopic (exact) mass is 580 g/mol. The normalized spacial score (nSPS) is 14.2. The number of benzene rings is 2. The summed E-state index contributed by atoms with van der Waals surface area (Å²) in [5, 5.41) is 3.46. The zero-order chi connectivity index (χ0) is 30.1. The highest BCUT2D eigenvalue weighted by atomic mass is 16.7. The molecule has 2 aromatic carbocycles. The zero-order valence-electron chi connectivity index (χ0n) is 23.8. The molecule has 0 aliphatic carbocycles. The maximum Gasteiger partial charge on any atom is 0.285 e. The number of methoxy groups -OCH3 is 2. The number of aromatic nitrogens is 4. The first-order chi connectivity index (χ1) is 20.9. The van der Waals surface area contributed by atoms with Crippen molar-refractivity contribution in [2.24, 2.45) is 7.05 Å². The van der Waals surface area contributed by atoms with Gasteiger partial charge in [-0.15, -0.1) is 5.48 Å². The highest BCUT2D eigenvalue weighted by molar-refractivity contribution is 6.06. The van der Waals surface area contributed by atoms with E-state index in [2.05, 4.69) is 20.8 Å². The van der Waals surface area contributed by atoms with Crippen LogP contribution in [0.2, 0.25) is 0 Å². The highest BCUT2D eigenvalue weighted by Gasteiger charge is 2.30. The van der Waals surface area contributed by atoms with E-state index in [0.29, 0.717) is 45.7 Å². The molecular weight excluding hydrogens is 552 g/mol. The lowest BCUT2D eigenvalue weighted by Gasteiger charge is -2.12. The van der Waals surface area contributed by atoms with Crippen LogP contribution in [0, 0.1) is 0 Å². The summed E-state index contributed by atoms with van der Waals surface area (Å²) in [6.07, 6.45) is 4.91. The van der Waals surface area contributed by atoms with Gasteiger partial charge >= 0.3 is 0 Å². The van der Waals surface area contributed by atoms with Crippen molar-refractivity contribution in [2.75, 3.05) is 19.5 Å². The third kappa shape index (κ3) is 5.15. The fourth-order valence-corrected chi connectivity index (χ4v) is 4.89. The molecule has 1 amide bonds. The number of anilines is 1. The predicted octanol–water partition coefficient (Wildman–Crippen LogP) is 4.45. The van der Waals surface area contributed by atoms with Gasteiger partial charge in [0.2, 0.25) is 0 Å². The SMILES string of the molecule is COc1cc2nccc(Oc3ccc(NC(=O)c4c(C5=CC(C)NO5)n(C)n(-c5ccccc5)c4=O)nc3)c2cc1OC. The summed E-state index contributed by atoms with van der Waals surface area (Å²) in [5.41, 5.74) is 3.86. The Morgan fingerprint density at radius 1 is 1.00 bits per heavy atom. The fraction of sp³-hybridized carbons (Fsp3) is 0.161. The van der Waals surface area contributed by atoms with E-state index in [-0.39, 0.29) is 17.4 Å². The van der Waals surface area contributed by atoms with Crippen LogP contribution in [0.4, 0.5) is 5.82 Å². The molecule has 0 spiro atoms. The van der Waals surface area contributed by atoms with Crippen molar-refractivity contribution in [3.8, 4) is 28.7 Å². The number of para-hydroxylation sites is 1. The van der Waals surface area contributed by atoms with Gasteiger partial charge in [-0.25, -0.2) is 9.67 Å². The largest absolute Gasteiger partial charge is 0.493 e. The van der Waals surface area contributed by atoms with E-state index in [1.807, 2.05) is 25.1 Å². The lowest BCUT2D eigenvalue weighted by Crippen LogP contribution is -2.25. The van der Waals surface area contributed by atoms with Crippen LogP contribution in [0.1, 0.15) is 23.0 Å². The molecule has 1 unspecified atom stereocenters. The molecule has 2 N–H and O–H groups in total. The van der Waals surface area contributed by atoms with Gasteiger partial charge in [0.15, 0.2) is 17.3 Å². The van der Waals surface area contributed by atoms with Crippen LogP contribution in [0.15, 0.2) is 83.9 Å². The molecule has 1 aliphatic rings. The Hall–Kier alpha value is -5.62. The van der Waals surface area contributed by atoms with E-state index in [1.54, 1.807) is 80.7 Å². The Morgan fingerprint density at radius 3 is 2.44 bits per heavy atom. The molecule has 1 aliphatic heterocycles. The van der Waals surface area contributed by atoms with Gasteiger partial charge in [-0.3, -0.25) is 19.3 Å². The molecule has 0 saturated carbocycles. The number of hydrogen-bond acceptors (Lipinski definition) is 9. The summed E-state index contributed by atoms with van der Waals surface area (Å²) >= 11 is 0. The third-order valence-corrected chi connectivity index (χ3v) is 6.90. The summed E-state index contributed by atoms with van der Waals surface area (Å²) in [5.74, 6) is 2.04. The molecule has 218 valence electrons. The standard InChI is InChI=1S/C31H28N6O6/c1-18-14-26(43-35-18)29-28(31(39)37(36(29)2)19-8-6-5-7-9-19)30(38)34-27-11-10-20(17-33-27)42-23-12-13-32-22-16-25(41-4)24(40-3)15-21(22)23/h5-18,35H,1-4H3,(H,33,34,38). The molecule has 3 aromatic heterocycles. The molecule has 5 aromatic rings. The minimum absolute atomic E-state index is 0.0803. The molecule has 0 saturated heterocycles. The van der Waals surface area contributed by atoms with Crippen molar-refractivity contribution in [1.29, 1.82) is 0 Å². The maximum absolute atomic E-state index is 13.6. The Morgan fingerprint density at radius 2 is 1.77 bits per heavy atom. The lowest BCUT2D eigenvalue weighted by atomic mass is 10.1. The average Bonchev–Trinajstić information content (AvgIpc) is 3.56. The summed E-state index contributed by atoms with van der Waals surface area (Å²) in [6.45, 7) is 1.90. The van der Waals surface area contributed by atoms with Gasteiger partial charge in [0, 0.05) is 24.7 Å². The number of rotatable bonds is 8. The van der Waals surface area contributed by atoms with Crippen molar-refractivity contribution in [1.82, 2.24) is 24.8 Å². The number of pyridine rings is 2. The first kappa shape index (κ1) is 27.5. The Labute approximate surface area is 246 Å². The minimum Gasteiger partial charge on any atom is -0.493 e. The predicted molar refractivity (Wildman–Crippen MR) is 160 cm³/mol. The van der Waals surface area contributed by atoms with Gasteiger partial charge in [-0.1, -0.05) is 18.2 Å². The molecule has 6 rings (SSSR count). The smallest absolute Gasteiger partial charge is 0.285 e. The maximum atomic E-state index is 13.6. The van der Waals surface area contributed by atoms with Crippen molar-refractivity contribution in [3.05, 3.63) is 101 Å². The number of hydrogen-bond donors (Lipinski definition) is 2. The van der Waals surface area contributed by atoms with Gasteiger partial charge in [0.05, 0.1) is 37.7 Å². The van der Waals surface area contributed by atoms with Crippen LogP contribution in [0.5, 0.6) is 23.0 Å². The zero-order valence-corrected chi connectivity index (χ0v) is 23.8. The van der Waals surface area contributed by atoms with Gasteiger partial charge in [0.25, 0.3) is 11.5 Å². The van der Waals surface area contributed by atoms with E-state index >= 15 is 0 Å². The highest BCUT2D eigenvalue weighted by Crippen LogP contribution is 2.37. The average molecular weight is 581 g/mol. The first-order valence-electron chi connectivity index (χ1n) is 13.4. The van der Waals surface area contributed by atoms with Crippen molar-refractivity contribution >= 4 is 28.4 Å². The van der Waals surface area contributed by atoms with Gasteiger partial charge < -0.3 is 24.4 Å². The van der Waals surface area contributed by atoms with Crippen molar-refractivity contribution in [2.45, 2.75) is 13.0 Å². The molecular formula is C31H28N6O6. The van der Waals surface area contributed by atoms with E-state index < -0.39 is 11.5 Å². The van der Waals surface area contributed by atoms with E-state index in [4.69, 9.17) is 19.0 Å². The number of nitrogens with zero attached hydrogens (tertiary/aromatic N) is 4. The van der Waals surface area contributed by atoms with Crippen LogP contribution in [0.25, 0.3) is 22.3 Å². The van der Waals surface area contributed by atoms with Crippen LogP contribution >= 0.6 is 0 Å². The van der Waals surface area contributed by atoms with E-state index in [1.165, 1.54) is 10.9 Å². The quantitative estimate of drug-likeness (QED) is 0.273. The summed E-state index contributed by atoms with van der Waals surface area (Å²) < 4.78 is 19.9. The second kappa shape index (κ2) is 11.3. The van der Waals surface area contributed by atoms with Gasteiger partial charge in [-0.05, 0) is 49.4 Å². The van der Waals surface area contributed by atoms with Crippen LogP contribution in [-0.2, 0) is 11.9 Å². The van der Waals surface area contributed by atoms with Gasteiger partial charge in [-0.2, -0.15) is 0 Å². The number of carbonyl (C=O) groups excluding carboxylic acids is 1. The first-order valence-corrected chi connectivity index (χ1v) is 13.4. The summed E-state index contributed by atoms with van der Waals surface area (Å²) in [6, 6.07) is 17.5. The Kier molecular flexibility index (Phi) is 7.26. The topological polar surface area (TPSA) is 131 Å². The molecule has 12 heteroatoms. The summed E-state index contributed by atoms with van der Waals surface area (Å²) in [7, 11) is 4.82. The minimum atomic E-state index is -0.628. The molecule has 4 heterocycles. The number of hydroxylamine groups is 1.